The fourth-order valence-electron chi connectivity index (χ4n) is 1.06. The zero-order valence-corrected chi connectivity index (χ0v) is 12.4. The van der Waals surface area contributed by atoms with Crippen molar-refractivity contribution in [1.29, 1.82) is 0 Å². The van der Waals surface area contributed by atoms with Crippen LogP contribution in [0.4, 0.5) is 5.69 Å². The van der Waals surface area contributed by atoms with Gasteiger partial charge in [0.15, 0.2) is 0 Å². The van der Waals surface area contributed by atoms with Crippen LogP contribution in [-0.2, 0) is 15.0 Å². The predicted octanol–water partition coefficient (Wildman–Crippen LogP) is 0.784. The van der Waals surface area contributed by atoms with Crippen LogP contribution in [0.2, 0.25) is 0 Å². The average molecular weight is 336 g/mol. The lowest BCUT2D eigenvalue weighted by molar-refractivity contribution is -0.115. The molecule has 1 rings (SSSR count). The van der Waals surface area contributed by atoms with Gasteiger partial charge in [-0.05, 0) is 18.2 Å². The second-order valence-electron chi connectivity index (χ2n) is 3.67. The van der Waals surface area contributed by atoms with E-state index in [9.17, 15) is 13.2 Å². The fourth-order valence-corrected chi connectivity index (χ4v) is 2.03. The van der Waals surface area contributed by atoms with Crippen molar-refractivity contribution in [2.24, 2.45) is 0 Å². The molecule has 8 heteroatoms. The van der Waals surface area contributed by atoms with Crippen molar-refractivity contribution in [3.63, 3.8) is 0 Å². The molecule has 100 valence electrons. The lowest BCUT2D eigenvalue weighted by Gasteiger charge is -2.12. The van der Waals surface area contributed by atoms with E-state index in [4.69, 9.17) is 0 Å². The first-order chi connectivity index (χ1) is 8.31. The first-order valence-corrected chi connectivity index (χ1v) is 7.27. The lowest BCUT2D eigenvalue weighted by atomic mass is 10.3. The smallest absolute Gasteiger partial charge is 0.279 e. The molecule has 1 aromatic carbocycles. The fraction of sp³-hybridized carbons (Fsp3) is 0.300. The van der Waals surface area contributed by atoms with E-state index in [1.165, 1.54) is 14.1 Å². The van der Waals surface area contributed by atoms with Gasteiger partial charge in [0.1, 0.15) is 0 Å². The van der Waals surface area contributed by atoms with E-state index in [2.05, 4.69) is 26.0 Å². The molecule has 0 unspecified atom stereocenters. The van der Waals surface area contributed by atoms with E-state index in [1.54, 1.807) is 18.2 Å². The number of halogens is 1. The number of rotatable bonds is 5. The molecule has 0 aliphatic heterocycles. The summed E-state index contributed by atoms with van der Waals surface area (Å²) in [4.78, 5) is 11.5. The second kappa shape index (κ2) is 6.28. The summed E-state index contributed by atoms with van der Waals surface area (Å²) < 4.78 is 26.7. The van der Waals surface area contributed by atoms with Gasteiger partial charge in [0.05, 0.1) is 6.54 Å². The van der Waals surface area contributed by atoms with E-state index in [-0.39, 0.29) is 6.54 Å². The van der Waals surface area contributed by atoms with Crippen molar-refractivity contribution in [1.82, 2.24) is 9.03 Å². The Morgan fingerprint density at radius 2 is 2.06 bits per heavy atom. The molecule has 0 aliphatic carbocycles. The van der Waals surface area contributed by atoms with Gasteiger partial charge in [-0.3, -0.25) is 4.79 Å². The number of carbonyl (C=O) groups excluding carboxylic acids is 1. The minimum Gasteiger partial charge on any atom is -0.325 e. The minimum atomic E-state index is -3.58. The van der Waals surface area contributed by atoms with Gasteiger partial charge in [0.25, 0.3) is 10.2 Å². The van der Waals surface area contributed by atoms with E-state index in [0.29, 0.717) is 5.69 Å². The van der Waals surface area contributed by atoms with Crippen molar-refractivity contribution < 1.29 is 13.2 Å². The Balaban J connectivity index is 2.53. The standard InChI is InChI=1S/C10H14BrN3O3S/c1-14(2)18(16,17)12-7-10(15)13-9-5-3-4-8(11)6-9/h3-6,12H,7H2,1-2H3,(H,13,15). The van der Waals surface area contributed by atoms with Crippen molar-refractivity contribution in [2.75, 3.05) is 26.0 Å². The molecule has 0 spiro atoms. The number of hydrogen-bond acceptors (Lipinski definition) is 3. The molecule has 0 heterocycles. The molecule has 2 N–H and O–H groups in total. The van der Waals surface area contributed by atoms with Gasteiger partial charge in [0.2, 0.25) is 5.91 Å². The zero-order chi connectivity index (χ0) is 13.8. The Morgan fingerprint density at radius 1 is 1.39 bits per heavy atom. The third-order valence-electron chi connectivity index (χ3n) is 2.00. The van der Waals surface area contributed by atoms with E-state index in [0.717, 1.165) is 8.78 Å². The maximum atomic E-state index is 11.5. The summed E-state index contributed by atoms with van der Waals surface area (Å²) in [5, 5.41) is 2.58. The molecule has 0 saturated carbocycles. The molecule has 0 bridgehead atoms. The van der Waals surface area contributed by atoms with Crippen LogP contribution in [0.1, 0.15) is 0 Å². The van der Waals surface area contributed by atoms with Crippen LogP contribution in [0.15, 0.2) is 28.7 Å². The Morgan fingerprint density at radius 3 is 2.61 bits per heavy atom. The molecule has 6 nitrogen and oxygen atoms in total. The van der Waals surface area contributed by atoms with E-state index in [1.807, 2.05) is 6.07 Å². The van der Waals surface area contributed by atoms with Gasteiger partial charge in [-0.15, -0.1) is 0 Å². The third kappa shape index (κ3) is 4.73. The second-order valence-corrected chi connectivity index (χ2v) is 6.55. The monoisotopic (exact) mass is 335 g/mol. The van der Waals surface area contributed by atoms with E-state index >= 15 is 0 Å². The van der Waals surface area contributed by atoms with Gasteiger partial charge in [-0.2, -0.15) is 17.4 Å². The Bertz CT molecular complexity index is 531. The molecular formula is C10H14BrN3O3S. The summed E-state index contributed by atoms with van der Waals surface area (Å²) in [6.07, 6.45) is 0. The predicted molar refractivity (Wildman–Crippen MR) is 73.4 cm³/mol. The summed E-state index contributed by atoms with van der Waals surface area (Å²) in [5.74, 6) is -0.432. The van der Waals surface area contributed by atoms with Gasteiger partial charge in [-0.25, -0.2) is 0 Å². The number of hydrogen-bond donors (Lipinski definition) is 2. The number of benzene rings is 1. The summed E-state index contributed by atoms with van der Waals surface area (Å²) in [6, 6.07) is 7.02. The highest BCUT2D eigenvalue weighted by Crippen LogP contribution is 2.15. The maximum Gasteiger partial charge on any atom is 0.279 e. The molecule has 18 heavy (non-hydrogen) atoms. The molecule has 0 aromatic heterocycles. The quantitative estimate of drug-likeness (QED) is 0.834. The van der Waals surface area contributed by atoms with Crippen LogP contribution in [0, 0.1) is 0 Å². The molecule has 1 amide bonds. The number of anilines is 1. The van der Waals surface area contributed by atoms with Crippen LogP contribution < -0.4 is 10.0 Å². The molecule has 0 fully saturated rings. The van der Waals surface area contributed by atoms with Crippen molar-refractivity contribution in [3.05, 3.63) is 28.7 Å². The number of nitrogens with zero attached hydrogens (tertiary/aromatic N) is 1. The highest BCUT2D eigenvalue weighted by Gasteiger charge is 2.14. The van der Waals surface area contributed by atoms with Crippen LogP contribution in [-0.4, -0.2) is 39.3 Å². The Labute approximate surface area is 115 Å². The third-order valence-corrected chi connectivity index (χ3v) is 3.97. The van der Waals surface area contributed by atoms with Crippen LogP contribution in [0.25, 0.3) is 0 Å². The van der Waals surface area contributed by atoms with Crippen LogP contribution >= 0.6 is 15.9 Å². The molecule has 0 radical (unpaired) electrons. The Kier molecular flexibility index (Phi) is 5.27. The normalized spacial score (nSPS) is 11.6. The topological polar surface area (TPSA) is 78.5 Å². The van der Waals surface area contributed by atoms with Crippen LogP contribution in [0.5, 0.6) is 0 Å². The number of carbonyl (C=O) groups is 1. The first-order valence-electron chi connectivity index (χ1n) is 5.04. The molecular weight excluding hydrogens is 322 g/mol. The lowest BCUT2D eigenvalue weighted by Crippen LogP contribution is -2.40. The largest absolute Gasteiger partial charge is 0.325 e. The minimum absolute atomic E-state index is 0.312. The summed E-state index contributed by atoms with van der Waals surface area (Å²) in [5.41, 5.74) is 0.596. The average Bonchev–Trinajstić information content (AvgIpc) is 2.26. The van der Waals surface area contributed by atoms with Crippen molar-refractivity contribution in [3.8, 4) is 0 Å². The molecule has 0 saturated heterocycles. The maximum absolute atomic E-state index is 11.5. The molecule has 1 aromatic rings. The summed E-state index contributed by atoms with van der Waals surface area (Å²) in [7, 11) is -0.814. The van der Waals surface area contributed by atoms with Crippen LogP contribution in [0.3, 0.4) is 0 Å². The highest BCUT2D eigenvalue weighted by atomic mass is 79.9. The first kappa shape index (κ1) is 15.1. The van der Waals surface area contributed by atoms with E-state index < -0.39 is 16.1 Å². The van der Waals surface area contributed by atoms with Crippen molar-refractivity contribution in [2.45, 2.75) is 0 Å². The molecule has 0 atom stereocenters. The van der Waals surface area contributed by atoms with Gasteiger partial charge >= 0.3 is 0 Å². The van der Waals surface area contributed by atoms with Gasteiger partial charge in [-0.1, -0.05) is 22.0 Å². The van der Waals surface area contributed by atoms with Gasteiger partial charge < -0.3 is 5.32 Å². The number of amides is 1. The highest BCUT2D eigenvalue weighted by molar-refractivity contribution is 9.10. The van der Waals surface area contributed by atoms with Crippen molar-refractivity contribution >= 4 is 37.7 Å². The summed E-state index contributed by atoms with van der Waals surface area (Å²) >= 11 is 3.27. The Hall–Kier alpha value is -0.960. The van der Waals surface area contributed by atoms with Gasteiger partial charge in [0, 0.05) is 24.3 Å². The zero-order valence-electron chi connectivity index (χ0n) is 9.97. The SMILES string of the molecule is CN(C)S(=O)(=O)NCC(=O)Nc1cccc(Br)c1. The summed E-state index contributed by atoms with van der Waals surface area (Å²) in [6.45, 7) is -0.312. The molecule has 0 aliphatic rings. The number of nitrogens with one attached hydrogen (secondary N) is 2.